The maximum absolute atomic E-state index is 11.8. The topological polar surface area (TPSA) is 96.9 Å². The summed E-state index contributed by atoms with van der Waals surface area (Å²) >= 11 is 0. The van der Waals surface area contributed by atoms with E-state index in [0.717, 1.165) is 44.5 Å². The van der Waals surface area contributed by atoms with Crippen molar-refractivity contribution in [3.63, 3.8) is 0 Å². The summed E-state index contributed by atoms with van der Waals surface area (Å²) in [6, 6.07) is 23.0. The molecule has 1 aliphatic heterocycles. The van der Waals surface area contributed by atoms with Crippen LogP contribution in [0.4, 0.5) is 0 Å². The predicted octanol–water partition coefficient (Wildman–Crippen LogP) is 3.88. The minimum atomic E-state index is -0.515. The number of esters is 1. The maximum Gasteiger partial charge on any atom is 0.307 e. The monoisotopic (exact) mass is 486 g/mol. The van der Waals surface area contributed by atoms with E-state index in [1.165, 1.54) is 10.4 Å². The molecule has 8 nitrogen and oxygen atoms in total. The Morgan fingerprint density at radius 1 is 1.08 bits per heavy atom. The van der Waals surface area contributed by atoms with E-state index in [4.69, 9.17) is 9.84 Å². The van der Waals surface area contributed by atoms with Gasteiger partial charge in [-0.3, -0.25) is 4.79 Å². The highest BCUT2D eigenvalue weighted by Gasteiger charge is 2.42. The molecule has 4 rings (SSSR count). The van der Waals surface area contributed by atoms with E-state index in [2.05, 4.69) is 33.4 Å². The van der Waals surface area contributed by atoms with Crippen molar-refractivity contribution >= 4 is 5.97 Å². The van der Waals surface area contributed by atoms with Crippen LogP contribution in [-0.4, -0.2) is 57.3 Å². The van der Waals surface area contributed by atoms with Gasteiger partial charge in [-0.15, -0.1) is 10.2 Å². The number of tetrazole rings is 1. The van der Waals surface area contributed by atoms with Gasteiger partial charge in [0, 0.05) is 0 Å². The molecule has 0 aliphatic carbocycles. The molecule has 1 aromatic heterocycles. The Kier molecular flexibility index (Phi) is 8.11. The van der Waals surface area contributed by atoms with E-state index >= 15 is 0 Å². The van der Waals surface area contributed by atoms with Gasteiger partial charge in [-0.05, 0) is 69.1 Å². The lowest BCUT2D eigenvalue weighted by atomic mass is 9.72. The highest BCUT2D eigenvalue weighted by molar-refractivity contribution is 5.69. The third-order valence-electron chi connectivity index (χ3n) is 7.32. The number of hydrogen-bond donors (Lipinski definition) is 0. The fourth-order valence-electron chi connectivity index (χ4n) is 4.96. The van der Waals surface area contributed by atoms with Crippen LogP contribution in [0.1, 0.15) is 56.5 Å². The van der Waals surface area contributed by atoms with E-state index in [1.807, 2.05) is 55.5 Å². The number of nitrogens with zero attached hydrogens (tertiary/aromatic N) is 6. The van der Waals surface area contributed by atoms with Crippen LogP contribution in [0, 0.1) is 11.3 Å². The average molecular weight is 487 g/mol. The molecule has 1 aliphatic rings. The van der Waals surface area contributed by atoms with Crippen LogP contribution in [0.3, 0.4) is 0 Å². The van der Waals surface area contributed by atoms with Crippen molar-refractivity contribution < 1.29 is 9.53 Å². The SMILES string of the molecule is CCOC(=O)CCn1nnc(C2(c3ccccc3)CCN(CCC(C)(C#N)c3ccccc3)CC2)n1. The van der Waals surface area contributed by atoms with Gasteiger partial charge in [0.1, 0.15) is 0 Å². The van der Waals surface area contributed by atoms with Crippen LogP contribution in [0.5, 0.6) is 0 Å². The first-order chi connectivity index (χ1) is 17.5. The van der Waals surface area contributed by atoms with Crippen LogP contribution in [0.2, 0.25) is 0 Å². The summed E-state index contributed by atoms with van der Waals surface area (Å²) in [6.07, 6.45) is 2.70. The zero-order valence-electron chi connectivity index (χ0n) is 21.1. The molecule has 2 aromatic carbocycles. The third-order valence-corrected chi connectivity index (χ3v) is 7.32. The summed E-state index contributed by atoms with van der Waals surface area (Å²) in [5.41, 5.74) is 1.39. The van der Waals surface area contributed by atoms with Crippen molar-refractivity contribution in [1.82, 2.24) is 25.1 Å². The number of hydrogen-bond acceptors (Lipinski definition) is 7. The van der Waals surface area contributed by atoms with Crippen LogP contribution in [0.25, 0.3) is 0 Å². The van der Waals surface area contributed by atoms with Crippen molar-refractivity contribution in [3.8, 4) is 6.07 Å². The zero-order valence-corrected chi connectivity index (χ0v) is 21.1. The second kappa shape index (κ2) is 11.4. The largest absolute Gasteiger partial charge is 0.466 e. The lowest BCUT2D eigenvalue weighted by molar-refractivity contribution is -0.143. The number of carbonyl (C=O) groups is 1. The summed E-state index contributed by atoms with van der Waals surface area (Å²) in [5, 5.41) is 23.3. The van der Waals surface area contributed by atoms with E-state index in [-0.39, 0.29) is 17.8 Å². The molecule has 1 fully saturated rings. The molecule has 0 bridgehead atoms. The number of piperidine rings is 1. The molecule has 0 saturated carbocycles. The molecule has 1 saturated heterocycles. The molecule has 1 unspecified atom stereocenters. The maximum atomic E-state index is 11.8. The minimum absolute atomic E-state index is 0.217. The van der Waals surface area contributed by atoms with Crippen molar-refractivity contribution in [3.05, 3.63) is 77.6 Å². The molecular weight excluding hydrogens is 452 g/mol. The normalized spacial score (nSPS) is 17.1. The van der Waals surface area contributed by atoms with E-state index in [1.54, 1.807) is 6.92 Å². The predicted molar refractivity (Wildman–Crippen MR) is 136 cm³/mol. The first kappa shape index (κ1) is 25.5. The summed E-state index contributed by atoms with van der Waals surface area (Å²) in [4.78, 5) is 15.7. The van der Waals surface area contributed by atoms with Gasteiger partial charge in [-0.1, -0.05) is 60.7 Å². The van der Waals surface area contributed by atoms with E-state index in [9.17, 15) is 10.1 Å². The second-order valence-corrected chi connectivity index (χ2v) is 9.61. The standard InChI is InChI=1S/C28H34N6O2/c1-3-36-25(35)14-18-34-31-26(30-32-34)28(24-12-8-5-9-13-24)16-20-33(21-17-28)19-15-27(2,22-29)23-10-6-4-7-11-23/h4-13H,3,14-21H2,1-2H3. The van der Waals surface area contributed by atoms with Crippen LogP contribution < -0.4 is 0 Å². The van der Waals surface area contributed by atoms with Gasteiger partial charge in [0.05, 0.1) is 36.5 Å². The van der Waals surface area contributed by atoms with Gasteiger partial charge >= 0.3 is 5.97 Å². The Balaban J connectivity index is 1.46. The number of rotatable bonds is 10. The number of likely N-dealkylation sites (tertiary alicyclic amines) is 1. The minimum Gasteiger partial charge on any atom is -0.466 e. The smallest absolute Gasteiger partial charge is 0.307 e. The zero-order chi connectivity index (χ0) is 25.4. The third kappa shape index (κ3) is 5.63. The Bertz CT molecular complexity index is 1170. The van der Waals surface area contributed by atoms with Crippen LogP contribution in [0.15, 0.2) is 60.7 Å². The number of nitriles is 1. The van der Waals surface area contributed by atoms with Crippen molar-refractivity contribution in [2.75, 3.05) is 26.2 Å². The number of aryl methyl sites for hydroxylation is 1. The first-order valence-corrected chi connectivity index (χ1v) is 12.7. The summed E-state index contributed by atoms with van der Waals surface area (Å²) < 4.78 is 5.02. The summed E-state index contributed by atoms with van der Waals surface area (Å²) in [5.74, 6) is 0.436. The Hall–Kier alpha value is -3.57. The van der Waals surface area contributed by atoms with Gasteiger partial charge in [0.2, 0.25) is 0 Å². The molecule has 8 heteroatoms. The van der Waals surface area contributed by atoms with Crippen LogP contribution in [-0.2, 0) is 26.9 Å². The first-order valence-electron chi connectivity index (χ1n) is 12.7. The lowest BCUT2D eigenvalue weighted by Crippen LogP contribution is -2.45. The molecule has 0 radical (unpaired) electrons. The molecular formula is C28H34N6O2. The van der Waals surface area contributed by atoms with Crippen molar-refractivity contribution in [2.24, 2.45) is 0 Å². The van der Waals surface area contributed by atoms with Crippen molar-refractivity contribution in [1.29, 1.82) is 5.26 Å². The molecule has 2 heterocycles. The van der Waals surface area contributed by atoms with E-state index in [0.29, 0.717) is 19.0 Å². The second-order valence-electron chi connectivity index (χ2n) is 9.61. The molecule has 1 atom stereocenters. The van der Waals surface area contributed by atoms with Gasteiger partial charge in [0.25, 0.3) is 0 Å². The van der Waals surface area contributed by atoms with Gasteiger partial charge in [-0.2, -0.15) is 10.1 Å². The highest BCUT2D eigenvalue weighted by atomic mass is 16.5. The Morgan fingerprint density at radius 3 is 2.39 bits per heavy atom. The number of benzene rings is 2. The summed E-state index contributed by atoms with van der Waals surface area (Å²) in [7, 11) is 0. The fraction of sp³-hybridized carbons (Fsp3) is 0.464. The average Bonchev–Trinajstić information content (AvgIpc) is 3.42. The quantitative estimate of drug-likeness (QED) is 0.401. The molecule has 36 heavy (non-hydrogen) atoms. The molecule has 0 N–H and O–H groups in total. The van der Waals surface area contributed by atoms with E-state index < -0.39 is 5.41 Å². The highest BCUT2D eigenvalue weighted by Crippen LogP contribution is 2.40. The molecule has 0 spiro atoms. The van der Waals surface area contributed by atoms with Crippen LogP contribution >= 0.6 is 0 Å². The molecule has 0 amide bonds. The van der Waals surface area contributed by atoms with Gasteiger partial charge in [0.15, 0.2) is 5.82 Å². The van der Waals surface area contributed by atoms with Crippen molar-refractivity contribution in [2.45, 2.75) is 56.9 Å². The molecule has 3 aromatic rings. The van der Waals surface area contributed by atoms with Gasteiger partial charge < -0.3 is 9.64 Å². The summed E-state index contributed by atoms with van der Waals surface area (Å²) in [6.45, 7) is 7.13. The molecule has 188 valence electrons. The van der Waals surface area contributed by atoms with Gasteiger partial charge in [-0.25, -0.2) is 0 Å². The fourth-order valence-corrected chi connectivity index (χ4v) is 4.96. The Labute approximate surface area is 212 Å². The Morgan fingerprint density at radius 2 is 1.75 bits per heavy atom. The number of carbonyl (C=O) groups excluding carboxylic acids is 1. The lowest BCUT2D eigenvalue weighted by Gasteiger charge is -2.41. The number of aromatic nitrogens is 4. The number of ether oxygens (including phenoxy) is 1.